The van der Waals surface area contributed by atoms with Gasteiger partial charge < -0.3 is 9.47 Å². The number of ether oxygens (including phenoxy) is 2. The Morgan fingerprint density at radius 2 is 1.33 bits per heavy atom. The average Bonchev–Trinajstić information content (AvgIpc) is 2.18. The van der Waals surface area contributed by atoms with Crippen molar-refractivity contribution >= 4 is 43.8 Å². The van der Waals surface area contributed by atoms with Gasteiger partial charge in [-0.2, -0.15) is 0 Å². The maximum absolute atomic E-state index is 11.2. The summed E-state index contributed by atoms with van der Waals surface area (Å²) in [5.41, 5.74) is 0. The van der Waals surface area contributed by atoms with E-state index in [2.05, 4.69) is 31.9 Å². The predicted octanol–water partition coefficient (Wildman–Crippen LogP) is 2.03. The minimum absolute atomic E-state index is 0.303. The Morgan fingerprint density at radius 1 is 1.00 bits per heavy atom. The van der Waals surface area contributed by atoms with Crippen LogP contribution in [0.15, 0.2) is 0 Å². The van der Waals surface area contributed by atoms with Crippen LogP contribution in [0.1, 0.15) is 20.3 Å². The van der Waals surface area contributed by atoms with Crippen LogP contribution in [0, 0.1) is 0 Å². The molecule has 0 fully saturated rings. The molecule has 15 heavy (non-hydrogen) atoms. The average molecular weight is 346 g/mol. The lowest BCUT2D eigenvalue weighted by atomic mass is 10.2. The fraction of sp³-hybridized carbons (Fsp3) is 0.778. The summed E-state index contributed by atoms with van der Waals surface area (Å²) in [5, 5.41) is 0. The minimum atomic E-state index is -0.494. The Labute approximate surface area is 106 Å². The zero-order valence-corrected chi connectivity index (χ0v) is 11.8. The van der Waals surface area contributed by atoms with Crippen LogP contribution in [0.4, 0.5) is 0 Å². The van der Waals surface area contributed by atoms with Gasteiger partial charge in [-0.05, 0) is 20.3 Å². The Hall–Kier alpha value is -0.100. The Morgan fingerprint density at radius 3 is 1.60 bits per heavy atom. The summed E-state index contributed by atoms with van der Waals surface area (Å²) in [6.45, 7) is 4.11. The van der Waals surface area contributed by atoms with Crippen molar-refractivity contribution in [2.45, 2.75) is 29.9 Å². The summed E-state index contributed by atoms with van der Waals surface area (Å²) in [6.07, 6.45) is 0.303. The lowest BCUT2D eigenvalue weighted by Gasteiger charge is -2.12. The second-order valence-corrected chi connectivity index (χ2v) is 4.89. The maximum atomic E-state index is 11.2. The number of hydrogen-bond donors (Lipinski definition) is 0. The molecule has 0 radical (unpaired) electrons. The van der Waals surface area contributed by atoms with Crippen molar-refractivity contribution in [3.8, 4) is 0 Å². The molecule has 0 bridgehead atoms. The smallest absolute Gasteiger partial charge is 0.319 e. The van der Waals surface area contributed by atoms with Gasteiger partial charge in [0.15, 0.2) is 0 Å². The summed E-state index contributed by atoms with van der Waals surface area (Å²) in [4.78, 5) is 21.4. The van der Waals surface area contributed by atoms with E-state index in [1.54, 1.807) is 13.8 Å². The first kappa shape index (κ1) is 14.9. The number of alkyl halides is 2. The molecule has 0 spiro atoms. The van der Waals surface area contributed by atoms with E-state index in [9.17, 15) is 9.59 Å². The van der Waals surface area contributed by atoms with Crippen molar-refractivity contribution in [3.63, 3.8) is 0 Å². The summed E-state index contributed by atoms with van der Waals surface area (Å²) in [5.74, 6) is -0.738. The van der Waals surface area contributed by atoms with Crippen LogP contribution in [-0.4, -0.2) is 34.8 Å². The number of carbonyl (C=O) groups excluding carboxylic acids is 2. The molecule has 0 amide bonds. The van der Waals surface area contributed by atoms with Gasteiger partial charge >= 0.3 is 11.9 Å². The van der Waals surface area contributed by atoms with Crippen LogP contribution in [-0.2, 0) is 19.1 Å². The Balaban J connectivity index is 3.99. The molecular formula is C9H14Br2O4. The third kappa shape index (κ3) is 6.14. The van der Waals surface area contributed by atoms with Crippen LogP contribution >= 0.6 is 31.9 Å². The van der Waals surface area contributed by atoms with E-state index in [0.717, 1.165) is 0 Å². The lowest BCUT2D eigenvalue weighted by molar-refractivity contribution is -0.143. The van der Waals surface area contributed by atoms with Gasteiger partial charge in [0.05, 0.1) is 13.2 Å². The topological polar surface area (TPSA) is 52.6 Å². The van der Waals surface area contributed by atoms with Crippen LogP contribution < -0.4 is 0 Å². The molecule has 0 rings (SSSR count). The van der Waals surface area contributed by atoms with Gasteiger partial charge in [-0.1, -0.05) is 31.9 Å². The van der Waals surface area contributed by atoms with E-state index in [4.69, 9.17) is 9.47 Å². The number of hydrogen-bond acceptors (Lipinski definition) is 4. The molecule has 2 atom stereocenters. The molecule has 0 aromatic carbocycles. The van der Waals surface area contributed by atoms with E-state index < -0.39 is 9.65 Å². The highest BCUT2D eigenvalue weighted by Gasteiger charge is 2.25. The molecule has 0 heterocycles. The van der Waals surface area contributed by atoms with E-state index in [1.807, 2.05) is 0 Å². The third-order valence-electron chi connectivity index (χ3n) is 1.50. The van der Waals surface area contributed by atoms with E-state index >= 15 is 0 Å². The lowest BCUT2D eigenvalue weighted by Crippen LogP contribution is -2.26. The summed E-state index contributed by atoms with van der Waals surface area (Å²) in [6, 6.07) is 0. The molecule has 6 heteroatoms. The number of carbonyl (C=O) groups is 2. The fourth-order valence-electron chi connectivity index (χ4n) is 0.839. The Kier molecular flexibility index (Phi) is 8.04. The highest BCUT2D eigenvalue weighted by molar-refractivity contribution is 9.10. The third-order valence-corrected chi connectivity index (χ3v) is 2.99. The van der Waals surface area contributed by atoms with Crippen molar-refractivity contribution in [1.29, 1.82) is 0 Å². The van der Waals surface area contributed by atoms with E-state index in [-0.39, 0.29) is 11.9 Å². The number of halogens is 2. The first-order chi connectivity index (χ1) is 7.02. The molecular weight excluding hydrogens is 332 g/mol. The second kappa shape index (κ2) is 8.10. The largest absolute Gasteiger partial charge is 0.465 e. The van der Waals surface area contributed by atoms with Crippen molar-refractivity contribution in [1.82, 2.24) is 0 Å². The quantitative estimate of drug-likeness (QED) is 0.546. The van der Waals surface area contributed by atoms with Crippen LogP contribution in [0.2, 0.25) is 0 Å². The molecule has 0 aromatic heterocycles. The summed E-state index contributed by atoms with van der Waals surface area (Å²) in [7, 11) is 0. The zero-order chi connectivity index (χ0) is 11.8. The Bertz CT molecular complexity index is 198. The van der Waals surface area contributed by atoms with Gasteiger partial charge in [0, 0.05) is 0 Å². The van der Waals surface area contributed by atoms with Crippen LogP contribution in [0.5, 0.6) is 0 Å². The fourth-order valence-corrected chi connectivity index (χ4v) is 2.35. The molecule has 0 aliphatic heterocycles. The number of esters is 2. The minimum Gasteiger partial charge on any atom is -0.465 e. The van der Waals surface area contributed by atoms with E-state index in [1.165, 1.54) is 0 Å². The first-order valence-electron chi connectivity index (χ1n) is 4.64. The van der Waals surface area contributed by atoms with Gasteiger partial charge in [-0.15, -0.1) is 0 Å². The second-order valence-electron chi connectivity index (χ2n) is 2.67. The normalized spacial score (nSPS) is 14.1. The van der Waals surface area contributed by atoms with Crippen LogP contribution in [0.3, 0.4) is 0 Å². The standard InChI is InChI=1S/C9H14Br2O4/c1-3-14-8(12)6(10)5-7(11)9(13)15-4-2/h6-7H,3-5H2,1-2H3/t6-,7-/m0/s1. The molecule has 0 saturated carbocycles. The highest BCUT2D eigenvalue weighted by Crippen LogP contribution is 2.17. The van der Waals surface area contributed by atoms with Gasteiger partial charge in [0.25, 0.3) is 0 Å². The zero-order valence-electron chi connectivity index (χ0n) is 8.66. The van der Waals surface area contributed by atoms with Crippen molar-refractivity contribution in [2.75, 3.05) is 13.2 Å². The molecule has 4 nitrogen and oxygen atoms in total. The molecule has 0 aliphatic carbocycles. The van der Waals surface area contributed by atoms with Gasteiger partial charge in [-0.3, -0.25) is 9.59 Å². The highest BCUT2D eigenvalue weighted by atomic mass is 79.9. The maximum Gasteiger partial charge on any atom is 0.319 e. The molecule has 0 aromatic rings. The van der Waals surface area contributed by atoms with Crippen LogP contribution in [0.25, 0.3) is 0 Å². The molecule has 88 valence electrons. The molecule has 0 unspecified atom stereocenters. The van der Waals surface area contributed by atoms with Crippen molar-refractivity contribution < 1.29 is 19.1 Å². The van der Waals surface area contributed by atoms with Gasteiger partial charge in [-0.25, -0.2) is 0 Å². The van der Waals surface area contributed by atoms with Gasteiger partial charge in [0.2, 0.25) is 0 Å². The van der Waals surface area contributed by atoms with Crippen molar-refractivity contribution in [2.24, 2.45) is 0 Å². The summed E-state index contributed by atoms with van der Waals surface area (Å²) >= 11 is 6.30. The van der Waals surface area contributed by atoms with Crippen molar-refractivity contribution in [3.05, 3.63) is 0 Å². The SMILES string of the molecule is CCOC(=O)[C@@H](Br)C[C@H](Br)C(=O)OCC. The summed E-state index contributed by atoms with van der Waals surface area (Å²) < 4.78 is 9.57. The number of rotatable bonds is 6. The van der Waals surface area contributed by atoms with E-state index in [0.29, 0.717) is 19.6 Å². The van der Waals surface area contributed by atoms with Gasteiger partial charge in [0.1, 0.15) is 9.65 Å². The molecule has 0 saturated heterocycles. The molecule has 0 N–H and O–H groups in total. The predicted molar refractivity (Wildman–Crippen MR) is 63.3 cm³/mol. The first-order valence-corrected chi connectivity index (χ1v) is 6.47. The monoisotopic (exact) mass is 344 g/mol. The molecule has 0 aliphatic rings.